The lowest BCUT2D eigenvalue weighted by molar-refractivity contribution is 0.277. The Balaban J connectivity index is 1.99. The van der Waals surface area contributed by atoms with Crippen LogP contribution < -0.4 is 0 Å². The van der Waals surface area contributed by atoms with Gasteiger partial charge in [0, 0.05) is 18.0 Å². The predicted octanol–water partition coefficient (Wildman–Crippen LogP) is 2.02. The van der Waals surface area contributed by atoms with Crippen molar-refractivity contribution in [1.29, 1.82) is 0 Å². The third-order valence-electron chi connectivity index (χ3n) is 3.15. The summed E-state index contributed by atoms with van der Waals surface area (Å²) in [6.07, 6.45) is 3.34. The van der Waals surface area contributed by atoms with E-state index in [1.807, 2.05) is 12.1 Å². The molecule has 0 amide bonds. The van der Waals surface area contributed by atoms with E-state index in [0.29, 0.717) is 12.2 Å². The minimum Gasteiger partial charge on any atom is -0.390 e. The number of halogens is 1. The van der Waals surface area contributed by atoms with Crippen molar-refractivity contribution in [3.05, 3.63) is 65.9 Å². The molecule has 1 N–H and O–H groups in total. The first kappa shape index (κ1) is 13.4. The molecule has 2 heterocycles. The van der Waals surface area contributed by atoms with Crippen molar-refractivity contribution in [2.45, 2.75) is 13.2 Å². The van der Waals surface area contributed by atoms with Crippen LogP contribution in [-0.2, 0) is 13.2 Å². The monoisotopic (exact) mass is 284 g/mol. The van der Waals surface area contributed by atoms with Crippen molar-refractivity contribution < 1.29 is 9.50 Å². The smallest absolute Gasteiger partial charge is 0.123 e. The maximum atomic E-state index is 13.0. The van der Waals surface area contributed by atoms with E-state index in [1.165, 1.54) is 12.1 Å². The van der Waals surface area contributed by atoms with Gasteiger partial charge in [-0.15, -0.1) is 5.10 Å². The van der Waals surface area contributed by atoms with Gasteiger partial charge < -0.3 is 5.11 Å². The van der Waals surface area contributed by atoms with Crippen molar-refractivity contribution in [1.82, 2.24) is 20.0 Å². The Bertz CT molecular complexity index is 725. The van der Waals surface area contributed by atoms with Crippen LogP contribution in [0.3, 0.4) is 0 Å². The Morgan fingerprint density at radius 2 is 1.76 bits per heavy atom. The van der Waals surface area contributed by atoms with E-state index in [9.17, 15) is 9.50 Å². The summed E-state index contributed by atoms with van der Waals surface area (Å²) >= 11 is 0. The topological polar surface area (TPSA) is 63.8 Å². The minimum absolute atomic E-state index is 0.193. The summed E-state index contributed by atoms with van der Waals surface area (Å²) in [5.41, 5.74) is 3.02. The zero-order valence-electron chi connectivity index (χ0n) is 11.1. The fraction of sp³-hybridized carbons (Fsp3) is 0.133. The number of nitrogens with zero attached hydrogens (tertiary/aromatic N) is 4. The highest BCUT2D eigenvalue weighted by atomic mass is 19.1. The molecule has 3 aromatic rings. The summed E-state index contributed by atoms with van der Waals surface area (Å²) in [7, 11) is 0. The highest BCUT2D eigenvalue weighted by molar-refractivity contribution is 5.61. The molecule has 0 bridgehead atoms. The first-order valence-corrected chi connectivity index (χ1v) is 6.46. The van der Waals surface area contributed by atoms with Crippen LogP contribution in [0.2, 0.25) is 0 Å². The summed E-state index contributed by atoms with van der Waals surface area (Å²) in [4.78, 5) is 3.98. The number of hydrogen-bond acceptors (Lipinski definition) is 4. The van der Waals surface area contributed by atoms with Crippen LogP contribution in [0, 0.1) is 5.82 Å². The highest BCUT2D eigenvalue weighted by Gasteiger charge is 2.14. The molecule has 21 heavy (non-hydrogen) atoms. The van der Waals surface area contributed by atoms with Crippen molar-refractivity contribution in [3.8, 4) is 11.3 Å². The fourth-order valence-corrected chi connectivity index (χ4v) is 2.15. The molecule has 5 nitrogen and oxygen atoms in total. The third kappa shape index (κ3) is 2.80. The molecule has 2 aromatic heterocycles. The maximum Gasteiger partial charge on any atom is 0.123 e. The fourth-order valence-electron chi connectivity index (χ4n) is 2.15. The first-order valence-electron chi connectivity index (χ1n) is 6.46. The van der Waals surface area contributed by atoms with Crippen LogP contribution in [0.4, 0.5) is 4.39 Å². The zero-order valence-corrected chi connectivity index (χ0v) is 11.1. The number of aliphatic hydroxyl groups excluding tert-OH is 1. The second-order valence-corrected chi connectivity index (χ2v) is 4.56. The largest absolute Gasteiger partial charge is 0.390 e. The molecule has 0 aliphatic rings. The van der Waals surface area contributed by atoms with Gasteiger partial charge in [-0.1, -0.05) is 17.3 Å². The molecule has 0 saturated heterocycles. The van der Waals surface area contributed by atoms with E-state index in [-0.39, 0.29) is 12.4 Å². The summed E-state index contributed by atoms with van der Waals surface area (Å²) < 4.78 is 14.6. The van der Waals surface area contributed by atoms with Gasteiger partial charge in [0.15, 0.2) is 0 Å². The van der Waals surface area contributed by atoms with Crippen molar-refractivity contribution in [2.24, 2.45) is 0 Å². The Morgan fingerprint density at radius 3 is 2.43 bits per heavy atom. The van der Waals surface area contributed by atoms with E-state index in [1.54, 1.807) is 29.2 Å². The number of hydrogen-bond donors (Lipinski definition) is 1. The highest BCUT2D eigenvalue weighted by Crippen LogP contribution is 2.22. The average molecular weight is 284 g/mol. The van der Waals surface area contributed by atoms with Gasteiger partial charge in [-0.2, -0.15) is 0 Å². The third-order valence-corrected chi connectivity index (χ3v) is 3.15. The minimum atomic E-state index is -0.275. The summed E-state index contributed by atoms with van der Waals surface area (Å²) in [5.74, 6) is -0.275. The van der Waals surface area contributed by atoms with Crippen LogP contribution in [0.15, 0.2) is 48.8 Å². The lowest BCUT2D eigenvalue weighted by atomic mass is 10.1. The van der Waals surface area contributed by atoms with Gasteiger partial charge >= 0.3 is 0 Å². The van der Waals surface area contributed by atoms with Gasteiger partial charge in [-0.3, -0.25) is 4.98 Å². The summed E-state index contributed by atoms with van der Waals surface area (Å²) in [5, 5.41) is 17.5. The van der Waals surface area contributed by atoms with Crippen LogP contribution in [0.25, 0.3) is 11.3 Å². The molecule has 6 heteroatoms. The van der Waals surface area contributed by atoms with E-state index in [2.05, 4.69) is 15.3 Å². The van der Waals surface area contributed by atoms with Gasteiger partial charge in [0.25, 0.3) is 0 Å². The quantitative estimate of drug-likeness (QED) is 0.796. The molecule has 0 fully saturated rings. The van der Waals surface area contributed by atoms with Crippen molar-refractivity contribution in [2.75, 3.05) is 0 Å². The Labute approximate surface area is 120 Å². The lowest BCUT2D eigenvalue weighted by Gasteiger charge is -2.08. The number of benzene rings is 1. The van der Waals surface area contributed by atoms with Crippen LogP contribution in [0.5, 0.6) is 0 Å². The van der Waals surface area contributed by atoms with Gasteiger partial charge in [-0.25, -0.2) is 9.07 Å². The molecule has 0 unspecified atom stereocenters. The molecule has 0 spiro atoms. The van der Waals surface area contributed by atoms with Crippen LogP contribution in [-0.4, -0.2) is 25.1 Å². The van der Waals surface area contributed by atoms with E-state index >= 15 is 0 Å². The molecule has 0 saturated carbocycles. The maximum absolute atomic E-state index is 13.0. The second-order valence-electron chi connectivity index (χ2n) is 4.56. The standard InChI is InChI=1S/C15H13FN4O/c16-13-3-1-11(2-4-13)9-20-15(14(10-21)18-19-20)12-5-7-17-8-6-12/h1-8,21H,9-10H2. The normalized spacial score (nSPS) is 10.8. The second kappa shape index (κ2) is 5.80. The summed E-state index contributed by atoms with van der Waals surface area (Å²) in [6.45, 7) is 0.256. The van der Waals surface area contributed by atoms with Gasteiger partial charge in [0.05, 0.1) is 18.8 Å². The summed E-state index contributed by atoms with van der Waals surface area (Å²) in [6, 6.07) is 9.88. The molecular formula is C15H13FN4O. The number of aliphatic hydroxyl groups is 1. The van der Waals surface area contributed by atoms with E-state index in [0.717, 1.165) is 16.8 Å². The number of aromatic nitrogens is 4. The zero-order chi connectivity index (χ0) is 14.7. The van der Waals surface area contributed by atoms with Gasteiger partial charge in [0.2, 0.25) is 0 Å². The van der Waals surface area contributed by atoms with Crippen molar-refractivity contribution >= 4 is 0 Å². The Morgan fingerprint density at radius 1 is 1.05 bits per heavy atom. The molecule has 106 valence electrons. The first-order chi connectivity index (χ1) is 10.3. The van der Waals surface area contributed by atoms with E-state index in [4.69, 9.17) is 0 Å². The van der Waals surface area contributed by atoms with Gasteiger partial charge in [0.1, 0.15) is 11.5 Å². The lowest BCUT2D eigenvalue weighted by Crippen LogP contribution is -2.04. The van der Waals surface area contributed by atoms with Gasteiger partial charge in [-0.05, 0) is 29.8 Å². The number of pyridine rings is 1. The molecule has 0 aliphatic carbocycles. The molecule has 0 atom stereocenters. The molecule has 0 aliphatic heterocycles. The predicted molar refractivity (Wildman–Crippen MR) is 74.7 cm³/mol. The average Bonchev–Trinajstić information content (AvgIpc) is 2.93. The Hall–Kier alpha value is -2.60. The van der Waals surface area contributed by atoms with Crippen LogP contribution in [0.1, 0.15) is 11.3 Å². The van der Waals surface area contributed by atoms with Crippen molar-refractivity contribution in [3.63, 3.8) is 0 Å². The molecule has 3 rings (SSSR count). The van der Waals surface area contributed by atoms with Crippen LogP contribution >= 0.6 is 0 Å². The van der Waals surface area contributed by atoms with E-state index < -0.39 is 0 Å². The molecular weight excluding hydrogens is 271 g/mol. The molecule has 1 aromatic carbocycles. The molecule has 0 radical (unpaired) electrons. The SMILES string of the molecule is OCc1nnn(Cc2ccc(F)cc2)c1-c1ccncc1. The number of rotatable bonds is 4. The Kier molecular flexibility index (Phi) is 3.70.